The van der Waals surface area contributed by atoms with E-state index in [9.17, 15) is 13.0 Å². The smallest absolute Gasteiger partial charge is 0.127 e. The first-order valence-electron chi connectivity index (χ1n) is 5.34. The molecule has 2 aromatic rings. The molecule has 0 heterocycles. The van der Waals surface area contributed by atoms with Crippen molar-refractivity contribution in [3.8, 4) is 0 Å². The number of hydrogen-bond donors (Lipinski definition) is 1. The molecule has 0 radical (unpaired) electrons. The van der Waals surface area contributed by atoms with Crippen molar-refractivity contribution in [2.45, 2.75) is 10.6 Å². The Morgan fingerprint density at radius 3 is 2.58 bits per heavy atom. The second-order valence-corrected chi connectivity index (χ2v) is 5.76. The number of benzene rings is 2. The van der Waals surface area contributed by atoms with Crippen LogP contribution in [0.5, 0.6) is 0 Å². The Bertz CT molecular complexity index is 649. The second kappa shape index (κ2) is 5.67. The molecule has 0 saturated heterocycles. The van der Waals surface area contributed by atoms with Crippen LogP contribution in [0.15, 0.2) is 41.3 Å². The van der Waals surface area contributed by atoms with Crippen LogP contribution in [0.25, 0.3) is 0 Å². The molecule has 1 unspecified atom stereocenters. The standard InChI is InChI=1S/C13H10ClF2NOS/c14-9-1-4-13(12(17)6-9)19(18)7-8-5-10(15)2-3-11(8)16/h1-6H,7,17H2. The molecule has 0 aromatic heterocycles. The van der Waals surface area contributed by atoms with Gasteiger partial charge in [-0.15, -0.1) is 0 Å². The summed E-state index contributed by atoms with van der Waals surface area (Å²) < 4.78 is 38.6. The highest BCUT2D eigenvalue weighted by Crippen LogP contribution is 2.23. The zero-order valence-electron chi connectivity index (χ0n) is 9.70. The molecule has 2 rings (SSSR count). The molecule has 2 nitrogen and oxygen atoms in total. The van der Waals surface area contributed by atoms with Gasteiger partial charge >= 0.3 is 0 Å². The molecule has 6 heteroatoms. The summed E-state index contributed by atoms with van der Waals surface area (Å²) in [7, 11) is -1.56. The van der Waals surface area contributed by atoms with E-state index >= 15 is 0 Å². The molecule has 2 aromatic carbocycles. The summed E-state index contributed by atoms with van der Waals surface area (Å²) in [5, 5.41) is 0.426. The van der Waals surface area contributed by atoms with Gasteiger partial charge in [0.05, 0.1) is 21.4 Å². The van der Waals surface area contributed by atoms with Gasteiger partial charge < -0.3 is 5.73 Å². The average Bonchev–Trinajstić information content (AvgIpc) is 2.33. The predicted octanol–water partition coefficient (Wildman–Crippen LogP) is 3.51. The van der Waals surface area contributed by atoms with Crippen molar-refractivity contribution in [1.29, 1.82) is 0 Å². The lowest BCUT2D eigenvalue weighted by molar-refractivity contribution is 0.590. The number of rotatable bonds is 3. The Morgan fingerprint density at radius 2 is 1.89 bits per heavy atom. The lowest BCUT2D eigenvalue weighted by atomic mass is 10.2. The Kier molecular flexibility index (Phi) is 4.17. The molecule has 0 aliphatic carbocycles. The molecule has 0 bridgehead atoms. The van der Waals surface area contributed by atoms with Gasteiger partial charge in [0, 0.05) is 16.3 Å². The first-order chi connectivity index (χ1) is 8.97. The molecule has 0 fully saturated rings. The Morgan fingerprint density at radius 1 is 1.16 bits per heavy atom. The van der Waals surface area contributed by atoms with Crippen LogP contribution in [0.4, 0.5) is 14.5 Å². The maximum absolute atomic E-state index is 13.5. The van der Waals surface area contributed by atoms with Crippen LogP contribution >= 0.6 is 11.6 Å². The van der Waals surface area contributed by atoms with E-state index in [4.69, 9.17) is 17.3 Å². The Labute approximate surface area is 116 Å². The van der Waals surface area contributed by atoms with Crippen LogP contribution in [0.2, 0.25) is 5.02 Å². The summed E-state index contributed by atoms with van der Waals surface area (Å²) in [6.45, 7) is 0. The van der Waals surface area contributed by atoms with E-state index in [0.29, 0.717) is 9.92 Å². The van der Waals surface area contributed by atoms with Gasteiger partial charge in [0.15, 0.2) is 0 Å². The maximum atomic E-state index is 13.5. The molecule has 2 N–H and O–H groups in total. The van der Waals surface area contributed by atoms with E-state index in [1.807, 2.05) is 0 Å². The molecule has 19 heavy (non-hydrogen) atoms. The van der Waals surface area contributed by atoms with Crippen LogP contribution in [-0.4, -0.2) is 4.21 Å². The highest BCUT2D eigenvalue weighted by atomic mass is 35.5. The largest absolute Gasteiger partial charge is 0.398 e. The van der Waals surface area contributed by atoms with Crippen LogP contribution < -0.4 is 5.73 Å². The number of anilines is 1. The van der Waals surface area contributed by atoms with E-state index in [1.165, 1.54) is 12.1 Å². The SMILES string of the molecule is Nc1cc(Cl)ccc1S(=O)Cc1cc(F)ccc1F. The number of hydrogen-bond acceptors (Lipinski definition) is 2. The van der Waals surface area contributed by atoms with Crippen molar-refractivity contribution in [3.05, 3.63) is 58.6 Å². The molecule has 0 spiro atoms. The quantitative estimate of drug-likeness (QED) is 0.882. The Balaban J connectivity index is 2.28. The van der Waals surface area contributed by atoms with Gasteiger partial charge in [-0.25, -0.2) is 8.78 Å². The average molecular weight is 302 g/mol. The zero-order valence-corrected chi connectivity index (χ0v) is 11.3. The third-order valence-electron chi connectivity index (χ3n) is 2.51. The molecule has 0 amide bonds. The van der Waals surface area contributed by atoms with Crippen molar-refractivity contribution >= 4 is 28.1 Å². The van der Waals surface area contributed by atoms with Gasteiger partial charge in [0.25, 0.3) is 0 Å². The summed E-state index contributed by atoms with van der Waals surface area (Å²) >= 11 is 5.74. The molecule has 1 atom stereocenters. The third-order valence-corrected chi connectivity index (χ3v) is 4.18. The molecule has 0 saturated carbocycles. The highest BCUT2D eigenvalue weighted by Gasteiger charge is 2.12. The molecule has 0 aliphatic heterocycles. The van der Waals surface area contributed by atoms with E-state index in [0.717, 1.165) is 18.2 Å². The van der Waals surface area contributed by atoms with Gasteiger partial charge in [0.1, 0.15) is 11.6 Å². The summed E-state index contributed by atoms with van der Waals surface area (Å²) in [5.74, 6) is -1.31. The van der Waals surface area contributed by atoms with Crippen LogP contribution in [0, 0.1) is 11.6 Å². The number of nitrogens with two attached hydrogens (primary N) is 1. The highest BCUT2D eigenvalue weighted by molar-refractivity contribution is 7.84. The first kappa shape index (κ1) is 14.0. The van der Waals surface area contributed by atoms with Crippen LogP contribution in [0.1, 0.15) is 5.56 Å². The van der Waals surface area contributed by atoms with E-state index in [1.54, 1.807) is 6.07 Å². The fourth-order valence-corrected chi connectivity index (χ4v) is 2.98. The summed E-state index contributed by atoms with van der Waals surface area (Å²) in [6.07, 6.45) is 0. The normalized spacial score (nSPS) is 12.4. The topological polar surface area (TPSA) is 43.1 Å². The van der Waals surface area contributed by atoms with E-state index in [2.05, 4.69) is 0 Å². The van der Waals surface area contributed by atoms with Crippen molar-refractivity contribution in [2.75, 3.05) is 5.73 Å². The molecule has 0 aliphatic rings. The van der Waals surface area contributed by atoms with Crippen molar-refractivity contribution < 1.29 is 13.0 Å². The molecular weight excluding hydrogens is 292 g/mol. The lowest BCUT2D eigenvalue weighted by Gasteiger charge is -2.07. The van der Waals surface area contributed by atoms with Gasteiger partial charge in [-0.3, -0.25) is 4.21 Å². The van der Waals surface area contributed by atoms with E-state index in [-0.39, 0.29) is 17.0 Å². The summed E-state index contributed by atoms with van der Waals surface area (Å²) in [5.41, 5.74) is 6.01. The fraction of sp³-hybridized carbons (Fsp3) is 0.0769. The molecule has 100 valence electrons. The van der Waals surface area contributed by atoms with Gasteiger partial charge in [-0.2, -0.15) is 0 Å². The van der Waals surface area contributed by atoms with Gasteiger partial charge in [0.2, 0.25) is 0 Å². The number of halogens is 3. The zero-order chi connectivity index (χ0) is 14.0. The fourth-order valence-electron chi connectivity index (χ4n) is 1.60. The van der Waals surface area contributed by atoms with Gasteiger partial charge in [-0.05, 0) is 36.4 Å². The van der Waals surface area contributed by atoms with Crippen LogP contribution in [0.3, 0.4) is 0 Å². The molecular formula is C13H10ClF2NOS. The third kappa shape index (κ3) is 3.30. The van der Waals surface area contributed by atoms with E-state index < -0.39 is 22.4 Å². The summed E-state index contributed by atoms with van der Waals surface area (Å²) in [4.78, 5) is 0.355. The number of nitrogen functional groups attached to an aromatic ring is 1. The second-order valence-electron chi connectivity index (χ2n) is 3.91. The first-order valence-corrected chi connectivity index (χ1v) is 7.04. The monoisotopic (exact) mass is 301 g/mol. The van der Waals surface area contributed by atoms with Crippen LogP contribution in [-0.2, 0) is 16.6 Å². The minimum absolute atomic E-state index is 0.0488. The van der Waals surface area contributed by atoms with Crippen molar-refractivity contribution in [2.24, 2.45) is 0 Å². The summed E-state index contributed by atoms with van der Waals surface area (Å²) in [6, 6.07) is 7.58. The van der Waals surface area contributed by atoms with Crippen molar-refractivity contribution in [3.63, 3.8) is 0 Å². The predicted molar refractivity (Wildman–Crippen MR) is 72.3 cm³/mol. The minimum atomic E-state index is -1.56. The van der Waals surface area contributed by atoms with Gasteiger partial charge in [-0.1, -0.05) is 11.6 Å². The Hall–Kier alpha value is -1.46. The minimum Gasteiger partial charge on any atom is -0.398 e. The van der Waals surface area contributed by atoms with Crippen molar-refractivity contribution in [1.82, 2.24) is 0 Å². The lowest BCUT2D eigenvalue weighted by Crippen LogP contribution is -2.03. The maximum Gasteiger partial charge on any atom is 0.127 e.